The Labute approximate surface area is 101 Å². The van der Waals surface area contributed by atoms with Crippen LogP contribution in [0.5, 0.6) is 0 Å². The van der Waals surface area contributed by atoms with Gasteiger partial charge in [0, 0.05) is 5.57 Å². The minimum atomic E-state index is -0.303. The standard InChI is InChI=1S/C16H13F/c1-2-15(17)16(13-9-5-3-6-10-13)14-11-7-4-8-12-14/h2-12H,1H2. The largest absolute Gasteiger partial charge is 0.206 e. The number of hydrogen-bond donors (Lipinski definition) is 0. The molecule has 2 aromatic carbocycles. The fourth-order valence-corrected chi connectivity index (χ4v) is 1.75. The molecule has 0 atom stereocenters. The summed E-state index contributed by atoms with van der Waals surface area (Å²) in [5.41, 5.74) is 2.30. The monoisotopic (exact) mass is 224 g/mol. The van der Waals surface area contributed by atoms with Crippen molar-refractivity contribution in [3.05, 3.63) is 90.3 Å². The topological polar surface area (TPSA) is 0 Å². The quantitative estimate of drug-likeness (QED) is 0.668. The Kier molecular flexibility index (Phi) is 3.51. The molecule has 1 heteroatoms. The van der Waals surface area contributed by atoms with Gasteiger partial charge in [-0.2, -0.15) is 0 Å². The van der Waals surface area contributed by atoms with E-state index in [2.05, 4.69) is 6.58 Å². The average molecular weight is 224 g/mol. The van der Waals surface area contributed by atoms with Crippen molar-refractivity contribution in [1.29, 1.82) is 0 Å². The fourth-order valence-electron chi connectivity index (χ4n) is 1.75. The molecule has 84 valence electrons. The molecule has 0 unspecified atom stereocenters. The number of allylic oxidation sites excluding steroid dienone is 2. The van der Waals surface area contributed by atoms with E-state index < -0.39 is 0 Å². The highest BCUT2D eigenvalue weighted by molar-refractivity contribution is 5.82. The maximum atomic E-state index is 13.9. The first-order chi connectivity index (χ1) is 8.33. The first-order valence-corrected chi connectivity index (χ1v) is 5.46. The van der Waals surface area contributed by atoms with Gasteiger partial charge in [0.25, 0.3) is 0 Å². The van der Waals surface area contributed by atoms with Gasteiger partial charge >= 0.3 is 0 Å². The van der Waals surface area contributed by atoms with Crippen LogP contribution in [0.2, 0.25) is 0 Å². The van der Waals surface area contributed by atoms with Crippen molar-refractivity contribution in [2.75, 3.05) is 0 Å². The van der Waals surface area contributed by atoms with E-state index in [1.807, 2.05) is 60.7 Å². The Morgan fingerprint density at radius 2 is 1.24 bits per heavy atom. The first-order valence-electron chi connectivity index (χ1n) is 5.46. The SMILES string of the molecule is C=CC(F)=C(c1ccccc1)c1ccccc1. The predicted octanol–water partition coefficient (Wildman–Crippen LogP) is 4.60. The Balaban J connectivity index is 2.60. The molecule has 0 aromatic heterocycles. The zero-order valence-corrected chi connectivity index (χ0v) is 9.44. The highest BCUT2D eigenvalue weighted by Gasteiger charge is 2.08. The van der Waals surface area contributed by atoms with Crippen molar-refractivity contribution in [2.24, 2.45) is 0 Å². The normalized spacial score (nSPS) is 9.71. The molecule has 0 saturated heterocycles. The van der Waals surface area contributed by atoms with Gasteiger partial charge in [0.05, 0.1) is 0 Å². The minimum absolute atomic E-state index is 0.303. The highest BCUT2D eigenvalue weighted by atomic mass is 19.1. The van der Waals surface area contributed by atoms with Crippen molar-refractivity contribution < 1.29 is 4.39 Å². The van der Waals surface area contributed by atoms with Crippen molar-refractivity contribution in [3.63, 3.8) is 0 Å². The van der Waals surface area contributed by atoms with Crippen molar-refractivity contribution in [3.8, 4) is 0 Å². The predicted molar refractivity (Wildman–Crippen MR) is 70.2 cm³/mol. The molecule has 0 aliphatic carbocycles. The summed E-state index contributed by atoms with van der Waals surface area (Å²) in [4.78, 5) is 0. The first kappa shape index (κ1) is 11.3. The lowest BCUT2D eigenvalue weighted by molar-refractivity contribution is 0.671. The molecule has 0 aliphatic rings. The number of rotatable bonds is 3. The number of benzene rings is 2. The van der Waals surface area contributed by atoms with Crippen molar-refractivity contribution in [2.45, 2.75) is 0 Å². The summed E-state index contributed by atoms with van der Waals surface area (Å²) in [6, 6.07) is 19.0. The van der Waals surface area contributed by atoms with E-state index in [-0.39, 0.29) is 5.83 Å². The molecule has 0 spiro atoms. The van der Waals surface area contributed by atoms with E-state index in [1.165, 1.54) is 6.08 Å². The third-order valence-electron chi connectivity index (χ3n) is 2.54. The zero-order valence-electron chi connectivity index (χ0n) is 9.44. The van der Waals surface area contributed by atoms with Crippen LogP contribution < -0.4 is 0 Å². The summed E-state index contributed by atoms with van der Waals surface area (Å²) < 4.78 is 13.9. The molecule has 2 rings (SSSR count). The second-order valence-electron chi connectivity index (χ2n) is 3.66. The van der Waals surface area contributed by atoms with Gasteiger partial charge in [-0.25, -0.2) is 4.39 Å². The molecule has 0 radical (unpaired) electrons. The summed E-state index contributed by atoms with van der Waals surface area (Å²) in [5, 5.41) is 0. The van der Waals surface area contributed by atoms with Crippen molar-refractivity contribution in [1.82, 2.24) is 0 Å². The minimum Gasteiger partial charge on any atom is -0.206 e. The van der Waals surface area contributed by atoms with E-state index in [1.54, 1.807) is 0 Å². The highest BCUT2D eigenvalue weighted by Crippen LogP contribution is 2.27. The van der Waals surface area contributed by atoms with Crippen LogP contribution in [-0.4, -0.2) is 0 Å². The van der Waals surface area contributed by atoms with Gasteiger partial charge in [0.2, 0.25) is 0 Å². The zero-order chi connectivity index (χ0) is 12.1. The fraction of sp³-hybridized carbons (Fsp3) is 0. The van der Waals surface area contributed by atoms with Gasteiger partial charge in [0.1, 0.15) is 5.83 Å². The van der Waals surface area contributed by atoms with Gasteiger partial charge in [-0.3, -0.25) is 0 Å². The van der Waals surface area contributed by atoms with Gasteiger partial charge < -0.3 is 0 Å². The van der Waals surface area contributed by atoms with Crippen LogP contribution in [0.3, 0.4) is 0 Å². The molecule has 0 fully saturated rings. The van der Waals surface area contributed by atoms with Gasteiger partial charge in [-0.15, -0.1) is 0 Å². The van der Waals surface area contributed by atoms with Crippen LogP contribution in [0.1, 0.15) is 11.1 Å². The smallest absolute Gasteiger partial charge is 0.131 e. The third kappa shape index (κ3) is 2.51. The lowest BCUT2D eigenvalue weighted by atomic mass is 9.97. The molecule has 17 heavy (non-hydrogen) atoms. The van der Waals surface area contributed by atoms with Crippen LogP contribution in [0.4, 0.5) is 4.39 Å². The van der Waals surface area contributed by atoms with Crippen LogP contribution in [0, 0.1) is 0 Å². The molecule has 0 N–H and O–H groups in total. The lowest BCUT2D eigenvalue weighted by Crippen LogP contribution is -1.89. The second kappa shape index (κ2) is 5.26. The third-order valence-corrected chi connectivity index (χ3v) is 2.54. The lowest BCUT2D eigenvalue weighted by Gasteiger charge is -2.08. The Morgan fingerprint density at radius 3 is 1.59 bits per heavy atom. The Bertz CT molecular complexity index is 482. The van der Waals surface area contributed by atoms with Crippen LogP contribution in [-0.2, 0) is 0 Å². The molecule has 0 aliphatic heterocycles. The van der Waals surface area contributed by atoms with E-state index in [0.717, 1.165) is 11.1 Å². The molecule has 0 saturated carbocycles. The molecule has 0 nitrogen and oxygen atoms in total. The van der Waals surface area contributed by atoms with Crippen molar-refractivity contribution >= 4 is 5.57 Å². The van der Waals surface area contributed by atoms with E-state index >= 15 is 0 Å². The Hall–Kier alpha value is -2.15. The number of hydrogen-bond acceptors (Lipinski definition) is 0. The van der Waals surface area contributed by atoms with Crippen LogP contribution in [0.25, 0.3) is 5.57 Å². The Morgan fingerprint density at radius 1 is 0.824 bits per heavy atom. The van der Waals surface area contributed by atoms with Gasteiger partial charge in [-0.1, -0.05) is 67.2 Å². The maximum absolute atomic E-state index is 13.9. The molecule has 0 bridgehead atoms. The molecule has 0 amide bonds. The molecule has 0 heterocycles. The summed E-state index contributed by atoms with van der Waals surface area (Å²) in [5.74, 6) is -0.303. The summed E-state index contributed by atoms with van der Waals surface area (Å²) >= 11 is 0. The van der Waals surface area contributed by atoms with Crippen LogP contribution in [0.15, 0.2) is 79.1 Å². The number of halogens is 1. The maximum Gasteiger partial charge on any atom is 0.131 e. The van der Waals surface area contributed by atoms with Crippen LogP contribution >= 0.6 is 0 Å². The second-order valence-corrected chi connectivity index (χ2v) is 3.66. The molecular formula is C16H13F. The van der Waals surface area contributed by atoms with E-state index in [0.29, 0.717) is 5.57 Å². The van der Waals surface area contributed by atoms with E-state index in [9.17, 15) is 4.39 Å². The summed E-state index contributed by atoms with van der Waals surface area (Å²) in [6.45, 7) is 3.50. The van der Waals surface area contributed by atoms with E-state index in [4.69, 9.17) is 0 Å². The molecular weight excluding hydrogens is 211 g/mol. The van der Waals surface area contributed by atoms with Gasteiger partial charge in [0.15, 0.2) is 0 Å². The summed E-state index contributed by atoms with van der Waals surface area (Å²) in [6.07, 6.45) is 1.25. The summed E-state index contributed by atoms with van der Waals surface area (Å²) in [7, 11) is 0. The average Bonchev–Trinajstić information content (AvgIpc) is 2.41. The molecule has 2 aromatic rings. The van der Waals surface area contributed by atoms with Gasteiger partial charge in [-0.05, 0) is 17.2 Å².